The van der Waals surface area contributed by atoms with Crippen molar-refractivity contribution in [1.82, 2.24) is 9.88 Å². The Labute approximate surface area is 160 Å². The molecule has 0 saturated carbocycles. The molecule has 144 valence electrons. The number of esters is 1. The Balaban J connectivity index is 1.73. The first-order chi connectivity index (χ1) is 13.3. The van der Waals surface area contributed by atoms with Crippen LogP contribution in [-0.4, -0.2) is 34.9 Å². The molecule has 3 rings (SSSR count). The van der Waals surface area contributed by atoms with Crippen molar-refractivity contribution in [3.8, 4) is 0 Å². The van der Waals surface area contributed by atoms with Crippen LogP contribution in [0.3, 0.4) is 0 Å². The maximum atomic E-state index is 13.3. The maximum Gasteiger partial charge on any atom is 0.339 e. The Kier molecular flexibility index (Phi) is 5.54. The number of carbonyl (C=O) groups excluding carboxylic acids is 2. The molecule has 1 aromatic heterocycles. The number of carbonyl (C=O) groups is 2. The first-order valence-electron chi connectivity index (χ1n) is 8.67. The number of para-hydroxylation sites is 1. The van der Waals surface area contributed by atoms with Gasteiger partial charge in [-0.25, -0.2) is 9.18 Å². The molecule has 2 aromatic carbocycles. The van der Waals surface area contributed by atoms with E-state index in [4.69, 9.17) is 4.74 Å². The predicted octanol–water partition coefficient (Wildman–Crippen LogP) is 2.87. The molecule has 0 unspecified atom stereocenters. The molecule has 0 aliphatic rings. The summed E-state index contributed by atoms with van der Waals surface area (Å²) < 4.78 is 18.6. The third kappa shape index (κ3) is 4.25. The lowest BCUT2D eigenvalue weighted by molar-refractivity contribution is -0.139. The number of rotatable bonds is 5. The Bertz CT molecular complexity index is 1090. The lowest BCUT2D eigenvalue weighted by Gasteiger charge is -2.21. The molecule has 6 nitrogen and oxygen atoms in total. The van der Waals surface area contributed by atoms with Gasteiger partial charge in [0.25, 0.3) is 5.91 Å². The van der Waals surface area contributed by atoms with Crippen molar-refractivity contribution in [3.05, 3.63) is 81.9 Å². The van der Waals surface area contributed by atoms with E-state index in [1.807, 2.05) is 0 Å². The number of nitrogens with zero attached hydrogens (tertiary/aromatic N) is 1. The zero-order chi connectivity index (χ0) is 20.3. The number of H-pyrrole nitrogens is 1. The van der Waals surface area contributed by atoms with Crippen LogP contribution in [0.5, 0.6) is 0 Å². The molecule has 1 amide bonds. The first-order valence-corrected chi connectivity index (χ1v) is 8.67. The summed E-state index contributed by atoms with van der Waals surface area (Å²) in [5, 5.41) is 0.528. The van der Waals surface area contributed by atoms with Crippen LogP contribution >= 0.6 is 0 Å². The smallest absolute Gasteiger partial charge is 0.339 e. The van der Waals surface area contributed by atoms with Crippen LogP contribution < -0.4 is 5.56 Å². The first kappa shape index (κ1) is 19.3. The van der Waals surface area contributed by atoms with E-state index in [2.05, 4.69) is 4.98 Å². The highest BCUT2D eigenvalue weighted by atomic mass is 19.1. The van der Waals surface area contributed by atoms with E-state index in [0.29, 0.717) is 16.5 Å². The van der Waals surface area contributed by atoms with Gasteiger partial charge in [-0.15, -0.1) is 0 Å². The van der Waals surface area contributed by atoms with Crippen molar-refractivity contribution in [2.75, 3.05) is 7.05 Å². The van der Waals surface area contributed by atoms with Crippen molar-refractivity contribution < 1.29 is 18.7 Å². The second-order valence-corrected chi connectivity index (χ2v) is 6.46. The minimum atomic E-state index is -1.07. The number of benzene rings is 2. The van der Waals surface area contributed by atoms with Crippen LogP contribution in [0.15, 0.2) is 59.4 Å². The van der Waals surface area contributed by atoms with E-state index in [1.165, 1.54) is 24.0 Å². The highest BCUT2D eigenvalue weighted by Crippen LogP contribution is 2.17. The third-order valence-corrected chi connectivity index (χ3v) is 4.29. The molecule has 1 N–H and O–H groups in total. The third-order valence-electron chi connectivity index (χ3n) is 4.29. The van der Waals surface area contributed by atoms with Gasteiger partial charge in [-0.05, 0) is 30.7 Å². The highest BCUT2D eigenvalue weighted by molar-refractivity contribution is 6.03. The summed E-state index contributed by atoms with van der Waals surface area (Å²) in [6.07, 6.45) is -1.07. The molecule has 0 fully saturated rings. The minimum absolute atomic E-state index is 0.0896. The van der Waals surface area contributed by atoms with Gasteiger partial charge >= 0.3 is 5.97 Å². The summed E-state index contributed by atoms with van der Waals surface area (Å²) in [6, 6.07) is 13.9. The average molecular weight is 382 g/mol. The van der Waals surface area contributed by atoms with E-state index in [9.17, 15) is 18.8 Å². The number of pyridine rings is 1. The summed E-state index contributed by atoms with van der Waals surface area (Å²) in [6.45, 7) is 1.63. The molecule has 0 radical (unpaired) electrons. The second-order valence-electron chi connectivity index (χ2n) is 6.46. The van der Waals surface area contributed by atoms with Gasteiger partial charge in [-0.2, -0.15) is 0 Å². The fraction of sp³-hybridized carbons (Fsp3) is 0.190. The van der Waals surface area contributed by atoms with Gasteiger partial charge < -0.3 is 14.6 Å². The second kappa shape index (κ2) is 8.04. The van der Waals surface area contributed by atoms with Crippen molar-refractivity contribution in [2.24, 2.45) is 0 Å². The largest absolute Gasteiger partial charge is 0.449 e. The Hall–Kier alpha value is -3.48. The fourth-order valence-electron chi connectivity index (χ4n) is 2.95. The van der Waals surface area contributed by atoms with Crippen LogP contribution in [0.4, 0.5) is 4.39 Å². The molecule has 0 aliphatic carbocycles. The normalized spacial score (nSPS) is 11.8. The molecule has 3 aromatic rings. The molecule has 1 heterocycles. The van der Waals surface area contributed by atoms with Gasteiger partial charge in [0, 0.05) is 30.6 Å². The topological polar surface area (TPSA) is 79.5 Å². The number of aromatic amines is 1. The van der Waals surface area contributed by atoms with Crippen molar-refractivity contribution >= 4 is 22.8 Å². The molecule has 0 spiro atoms. The summed E-state index contributed by atoms with van der Waals surface area (Å²) in [4.78, 5) is 40.9. The Morgan fingerprint density at radius 1 is 1.14 bits per heavy atom. The van der Waals surface area contributed by atoms with Gasteiger partial charge in [-0.1, -0.05) is 30.3 Å². The fourth-order valence-corrected chi connectivity index (χ4v) is 2.95. The van der Waals surface area contributed by atoms with Gasteiger partial charge in [0.15, 0.2) is 6.10 Å². The minimum Gasteiger partial charge on any atom is -0.449 e. The van der Waals surface area contributed by atoms with Crippen molar-refractivity contribution in [2.45, 2.75) is 19.6 Å². The molecular formula is C21H19FN2O4. The highest BCUT2D eigenvalue weighted by Gasteiger charge is 2.23. The zero-order valence-electron chi connectivity index (χ0n) is 15.4. The summed E-state index contributed by atoms with van der Waals surface area (Å²) in [5.74, 6) is -1.59. The van der Waals surface area contributed by atoms with E-state index < -0.39 is 23.5 Å². The molecule has 0 saturated heterocycles. The maximum absolute atomic E-state index is 13.3. The SMILES string of the molecule is C[C@@H](OC(=O)c1cc(=O)[nH]c2ccccc12)C(=O)N(C)Cc1cccc(F)c1. The number of ether oxygens (including phenoxy) is 1. The number of halogens is 1. The number of fused-ring (bicyclic) bond motifs is 1. The Morgan fingerprint density at radius 3 is 2.64 bits per heavy atom. The van der Waals surface area contributed by atoms with E-state index >= 15 is 0 Å². The predicted molar refractivity (Wildman–Crippen MR) is 102 cm³/mol. The van der Waals surface area contributed by atoms with Crippen molar-refractivity contribution in [1.29, 1.82) is 0 Å². The standard InChI is InChI=1S/C21H19FN2O4/c1-13(20(26)24(2)12-14-6-5-7-15(22)10-14)28-21(27)17-11-19(25)23-18-9-4-3-8-16(17)18/h3-11,13H,12H2,1-2H3,(H,23,25)/t13-/m1/s1. The van der Waals surface area contributed by atoms with Crippen LogP contribution in [0.1, 0.15) is 22.8 Å². The van der Waals surface area contributed by atoms with Crippen molar-refractivity contribution in [3.63, 3.8) is 0 Å². The number of likely N-dealkylation sites (N-methyl/N-ethyl adjacent to an activating group) is 1. The number of hydrogen-bond acceptors (Lipinski definition) is 4. The van der Waals surface area contributed by atoms with Gasteiger partial charge in [0.1, 0.15) is 5.82 Å². The molecule has 0 aliphatic heterocycles. The molecule has 0 bridgehead atoms. The lowest BCUT2D eigenvalue weighted by atomic mass is 10.1. The van der Waals surface area contributed by atoms with Crippen LogP contribution in [0, 0.1) is 5.82 Å². The lowest BCUT2D eigenvalue weighted by Crippen LogP contribution is -2.37. The number of amides is 1. The summed E-state index contributed by atoms with van der Waals surface area (Å²) in [5.41, 5.74) is 0.777. The monoisotopic (exact) mass is 382 g/mol. The number of nitrogens with one attached hydrogen (secondary N) is 1. The molecule has 1 atom stereocenters. The van der Waals surface area contributed by atoms with E-state index in [0.717, 1.165) is 6.07 Å². The summed E-state index contributed by atoms with van der Waals surface area (Å²) in [7, 11) is 1.54. The van der Waals surface area contributed by atoms with Gasteiger partial charge in [0.2, 0.25) is 5.56 Å². The zero-order valence-corrected chi connectivity index (χ0v) is 15.4. The molecular weight excluding hydrogens is 363 g/mol. The van der Waals surface area contributed by atoms with E-state index in [-0.39, 0.29) is 17.9 Å². The van der Waals surface area contributed by atoms with E-state index in [1.54, 1.807) is 43.4 Å². The van der Waals surface area contributed by atoms with Gasteiger partial charge in [0.05, 0.1) is 5.56 Å². The number of aromatic nitrogens is 1. The van der Waals surface area contributed by atoms with Crippen LogP contribution in [0.25, 0.3) is 10.9 Å². The molecule has 28 heavy (non-hydrogen) atoms. The number of hydrogen-bond donors (Lipinski definition) is 1. The quantitative estimate of drug-likeness (QED) is 0.688. The molecule has 7 heteroatoms. The Morgan fingerprint density at radius 2 is 1.89 bits per heavy atom. The van der Waals surface area contributed by atoms with Gasteiger partial charge in [-0.3, -0.25) is 9.59 Å². The summed E-state index contributed by atoms with van der Waals surface area (Å²) >= 11 is 0. The van der Waals surface area contributed by atoms with Crippen LogP contribution in [-0.2, 0) is 16.1 Å². The average Bonchev–Trinajstić information content (AvgIpc) is 2.66. The van der Waals surface area contributed by atoms with Crippen LogP contribution in [0.2, 0.25) is 0 Å².